The van der Waals surface area contributed by atoms with Crippen LogP contribution in [0, 0.1) is 5.92 Å². The van der Waals surface area contributed by atoms with E-state index in [1.54, 1.807) is 19.3 Å². The number of methoxy groups -OCH3 is 1. The molecule has 0 unspecified atom stereocenters. The Morgan fingerprint density at radius 1 is 1.22 bits per heavy atom. The van der Waals surface area contributed by atoms with Crippen LogP contribution in [0.15, 0.2) is 30.5 Å². The van der Waals surface area contributed by atoms with Crippen LogP contribution in [0.5, 0.6) is 5.88 Å². The Hall–Kier alpha value is -2.81. The summed E-state index contributed by atoms with van der Waals surface area (Å²) < 4.78 is 20.2. The van der Waals surface area contributed by atoms with Crippen LogP contribution in [0.4, 0.5) is 15.5 Å². The molecule has 0 atom stereocenters. The van der Waals surface area contributed by atoms with Crippen molar-refractivity contribution in [3.8, 4) is 17.0 Å². The van der Waals surface area contributed by atoms with Gasteiger partial charge in [0.15, 0.2) is 18.0 Å². The maximum absolute atomic E-state index is 13.5. The molecule has 3 heterocycles. The molecule has 27 heavy (non-hydrogen) atoms. The lowest BCUT2D eigenvalue weighted by molar-refractivity contribution is -0.117. The van der Waals surface area contributed by atoms with E-state index in [9.17, 15) is 8.68 Å². The van der Waals surface area contributed by atoms with Gasteiger partial charge in [-0.15, -0.1) is 3.89 Å². The standard InChI is InChI=1S/C18H18FN5O2S/c1-20-14-7-6-12(18(23-14)26-2)13-9-24(27-19)16-11(13)5-8-15(21-16)22-17(25)10-3-4-10/h5-10H,3-4H2,1-2H3,(H,20,23)(H,21,22,25). The fraction of sp³-hybridized carbons (Fsp3) is 0.278. The molecule has 1 aliphatic rings. The van der Waals surface area contributed by atoms with Crippen molar-refractivity contribution in [1.82, 2.24) is 13.9 Å². The number of ether oxygens (including phenoxy) is 1. The van der Waals surface area contributed by atoms with E-state index in [0.717, 1.165) is 29.4 Å². The van der Waals surface area contributed by atoms with Gasteiger partial charge < -0.3 is 15.4 Å². The van der Waals surface area contributed by atoms with Crippen LogP contribution in [-0.2, 0) is 4.79 Å². The first-order valence-electron chi connectivity index (χ1n) is 8.49. The molecule has 0 bridgehead atoms. The van der Waals surface area contributed by atoms with Gasteiger partial charge in [0.2, 0.25) is 11.8 Å². The Labute approximate surface area is 159 Å². The number of carbonyl (C=O) groups excluding carboxylic acids is 1. The first kappa shape index (κ1) is 17.6. The normalized spacial score (nSPS) is 13.6. The molecule has 4 rings (SSSR count). The van der Waals surface area contributed by atoms with Gasteiger partial charge in [0.25, 0.3) is 0 Å². The molecule has 0 radical (unpaired) electrons. The SMILES string of the molecule is CNc1ccc(-c2cn(SF)c3nc(NC(=O)C4CC4)ccc23)c(OC)n1. The second-order valence-electron chi connectivity index (χ2n) is 6.27. The summed E-state index contributed by atoms with van der Waals surface area (Å²) >= 11 is 0.0490. The topological polar surface area (TPSA) is 81.1 Å². The molecular formula is C18H18FN5O2S. The van der Waals surface area contributed by atoms with Crippen molar-refractivity contribution >= 4 is 40.9 Å². The van der Waals surface area contributed by atoms with E-state index in [0.29, 0.717) is 23.2 Å². The van der Waals surface area contributed by atoms with E-state index in [4.69, 9.17) is 4.74 Å². The van der Waals surface area contributed by atoms with Crippen molar-refractivity contribution in [2.75, 3.05) is 24.8 Å². The van der Waals surface area contributed by atoms with E-state index in [2.05, 4.69) is 20.6 Å². The zero-order valence-electron chi connectivity index (χ0n) is 14.8. The number of nitrogens with one attached hydrogen (secondary N) is 2. The monoisotopic (exact) mass is 387 g/mol. The summed E-state index contributed by atoms with van der Waals surface area (Å²) in [5.41, 5.74) is 1.89. The second-order valence-corrected chi connectivity index (χ2v) is 6.80. The Kier molecular flexibility index (Phi) is 4.61. The number of carbonyl (C=O) groups is 1. The Morgan fingerprint density at radius 3 is 2.67 bits per heavy atom. The highest BCUT2D eigenvalue weighted by Crippen LogP contribution is 2.38. The van der Waals surface area contributed by atoms with E-state index >= 15 is 0 Å². The van der Waals surface area contributed by atoms with Gasteiger partial charge in [0.1, 0.15) is 11.6 Å². The Morgan fingerprint density at radius 2 is 2.00 bits per heavy atom. The molecule has 0 aliphatic heterocycles. The lowest BCUT2D eigenvalue weighted by atomic mass is 10.1. The summed E-state index contributed by atoms with van der Waals surface area (Å²) in [6, 6.07) is 7.23. The Bertz CT molecular complexity index is 1020. The van der Waals surface area contributed by atoms with Crippen LogP contribution in [0.3, 0.4) is 0 Å². The number of halogens is 1. The van der Waals surface area contributed by atoms with Gasteiger partial charge >= 0.3 is 0 Å². The molecule has 3 aromatic rings. The fourth-order valence-electron chi connectivity index (χ4n) is 2.93. The zero-order valence-corrected chi connectivity index (χ0v) is 15.6. The van der Waals surface area contributed by atoms with Crippen molar-refractivity contribution in [2.24, 2.45) is 5.92 Å². The number of pyridine rings is 2. The average Bonchev–Trinajstić information content (AvgIpc) is 3.49. The van der Waals surface area contributed by atoms with Crippen molar-refractivity contribution in [2.45, 2.75) is 12.8 Å². The summed E-state index contributed by atoms with van der Waals surface area (Å²) in [7, 11) is 3.31. The van der Waals surface area contributed by atoms with E-state index in [-0.39, 0.29) is 24.2 Å². The third kappa shape index (κ3) is 3.30. The van der Waals surface area contributed by atoms with Gasteiger partial charge in [-0.2, -0.15) is 4.98 Å². The molecule has 1 amide bonds. The number of anilines is 2. The lowest BCUT2D eigenvalue weighted by Crippen LogP contribution is -2.14. The predicted octanol–water partition coefficient (Wildman–Crippen LogP) is 3.88. The molecule has 0 spiro atoms. The van der Waals surface area contributed by atoms with Gasteiger partial charge in [0.05, 0.1) is 7.11 Å². The van der Waals surface area contributed by atoms with Crippen molar-refractivity contribution in [1.29, 1.82) is 0 Å². The number of amides is 1. The smallest absolute Gasteiger partial charge is 0.228 e. The van der Waals surface area contributed by atoms with Crippen LogP contribution in [0.25, 0.3) is 22.2 Å². The van der Waals surface area contributed by atoms with Gasteiger partial charge in [-0.25, -0.2) is 8.96 Å². The van der Waals surface area contributed by atoms with Crippen LogP contribution in [-0.4, -0.2) is 34.0 Å². The second kappa shape index (κ2) is 7.07. The number of fused-ring (bicyclic) bond motifs is 1. The van der Waals surface area contributed by atoms with Crippen molar-refractivity contribution in [3.63, 3.8) is 0 Å². The Balaban J connectivity index is 1.79. The first-order chi connectivity index (χ1) is 13.1. The maximum Gasteiger partial charge on any atom is 0.228 e. The van der Waals surface area contributed by atoms with Crippen LogP contribution in [0.1, 0.15) is 12.8 Å². The van der Waals surface area contributed by atoms with Gasteiger partial charge in [0, 0.05) is 35.7 Å². The van der Waals surface area contributed by atoms with Crippen LogP contribution in [0.2, 0.25) is 0 Å². The number of hydrogen-bond acceptors (Lipinski definition) is 6. The minimum atomic E-state index is -0.0402. The van der Waals surface area contributed by atoms with Crippen LogP contribution < -0.4 is 15.4 Å². The number of hydrogen-bond donors (Lipinski definition) is 2. The molecule has 3 aromatic heterocycles. The van der Waals surface area contributed by atoms with Crippen LogP contribution >= 0.6 is 12.3 Å². The highest BCUT2D eigenvalue weighted by Gasteiger charge is 2.30. The van der Waals surface area contributed by atoms with E-state index in [1.165, 1.54) is 11.1 Å². The average molecular weight is 387 g/mol. The molecule has 9 heteroatoms. The van der Waals surface area contributed by atoms with Gasteiger partial charge in [-0.1, -0.05) is 0 Å². The molecular weight excluding hydrogens is 369 g/mol. The summed E-state index contributed by atoms with van der Waals surface area (Å²) in [5.74, 6) is 1.54. The number of aromatic nitrogens is 3. The summed E-state index contributed by atoms with van der Waals surface area (Å²) in [6.07, 6.45) is 3.46. The lowest BCUT2D eigenvalue weighted by Gasteiger charge is -2.09. The van der Waals surface area contributed by atoms with E-state index in [1.807, 2.05) is 18.2 Å². The largest absolute Gasteiger partial charge is 0.480 e. The van der Waals surface area contributed by atoms with Gasteiger partial charge in [-0.3, -0.25) is 4.79 Å². The van der Waals surface area contributed by atoms with Gasteiger partial charge in [-0.05, 0) is 37.1 Å². The molecule has 1 saturated carbocycles. The van der Waals surface area contributed by atoms with E-state index < -0.39 is 0 Å². The molecule has 0 aromatic carbocycles. The highest BCUT2D eigenvalue weighted by atomic mass is 32.2. The quantitative estimate of drug-likeness (QED) is 0.668. The molecule has 0 saturated heterocycles. The molecule has 2 N–H and O–H groups in total. The number of nitrogens with zero attached hydrogens (tertiary/aromatic N) is 3. The fourth-order valence-corrected chi connectivity index (χ4v) is 3.28. The number of rotatable bonds is 6. The third-order valence-electron chi connectivity index (χ3n) is 4.49. The first-order valence-corrected chi connectivity index (χ1v) is 9.17. The minimum absolute atomic E-state index is 0.0402. The maximum atomic E-state index is 13.5. The zero-order chi connectivity index (χ0) is 19.0. The molecule has 1 fully saturated rings. The third-order valence-corrected chi connectivity index (χ3v) is 4.92. The molecule has 1 aliphatic carbocycles. The summed E-state index contributed by atoms with van der Waals surface area (Å²) in [6.45, 7) is 0. The molecule has 7 nitrogen and oxygen atoms in total. The molecule has 140 valence electrons. The highest BCUT2D eigenvalue weighted by molar-refractivity contribution is 7.92. The predicted molar refractivity (Wildman–Crippen MR) is 105 cm³/mol. The summed E-state index contributed by atoms with van der Waals surface area (Å²) in [5, 5.41) is 6.49. The van der Waals surface area contributed by atoms with Crippen molar-refractivity contribution in [3.05, 3.63) is 30.5 Å². The van der Waals surface area contributed by atoms with Crippen molar-refractivity contribution < 1.29 is 13.4 Å². The minimum Gasteiger partial charge on any atom is -0.480 e. The summed E-state index contributed by atoms with van der Waals surface area (Å²) in [4.78, 5) is 20.8.